The van der Waals surface area contributed by atoms with Crippen molar-refractivity contribution in [1.29, 1.82) is 0 Å². The van der Waals surface area contributed by atoms with E-state index in [4.69, 9.17) is 0 Å². The monoisotopic (exact) mass is 177 g/mol. The first-order chi connectivity index (χ1) is 6.33. The van der Waals surface area contributed by atoms with Crippen molar-refractivity contribution in [1.82, 2.24) is 15.0 Å². The largest absolute Gasteiger partial charge is 0.464 e. The van der Waals surface area contributed by atoms with Crippen LogP contribution in [0.3, 0.4) is 0 Å². The third-order valence-corrected chi connectivity index (χ3v) is 1.73. The molecule has 0 fully saturated rings. The van der Waals surface area contributed by atoms with Gasteiger partial charge in [-0.3, -0.25) is 0 Å². The highest BCUT2D eigenvalue weighted by Crippen LogP contribution is 2.12. The predicted molar refractivity (Wildman–Crippen MR) is 45.2 cm³/mol. The zero-order chi connectivity index (χ0) is 9.26. The zero-order valence-electron chi connectivity index (χ0n) is 6.94. The van der Waals surface area contributed by atoms with E-state index in [1.165, 1.54) is 13.4 Å². The molecular weight excluding hydrogens is 170 g/mol. The Hall–Kier alpha value is -1.91. The van der Waals surface area contributed by atoms with Gasteiger partial charge in [0.15, 0.2) is 5.69 Å². The number of H-pyrrole nitrogens is 1. The molecule has 2 aromatic heterocycles. The van der Waals surface area contributed by atoms with Crippen LogP contribution in [-0.2, 0) is 4.74 Å². The second-order valence-electron chi connectivity index (χ2n) is 2.45. The maximum absolute atomic E-state index is 11.2. The molecule has 0 amide bonds. The standard InChI is InChI=1S/C8H7N3O2/c1-13-8(12)6-5-2-3-9-7(5)11-4-10-6/h2-4H,1H3,(H,9,10,11). The molecule has 2 rings (SSSR count). The Balaban J connectivity index is 2.67. The minimum atomic E-state index is -0.452. The van der Waals surface area contributed by atoms with Gasteiger partial charge in [0.2, 0.25) is 0 Å². The van der Waals surface area contributed by atoms with Gasteiger partial charge in [0.25, 0.3) is 0 Å². The molecule has 0 aliphatic carbocycles. The number of aromatic amines is 1. The van der Waals surface area contributed by atoms with Gasteiger partial charge >= 0.3 is 5.97 Å². The second-order valence-corrected chi connectivity index (χ2v) is 2.45. The number of hydrogen-bond donors (Lipinski definition) is 1. The topological polar surface area (TPSA) is 67.9 Å². The van der Waals surface area contributed by atoms with Crippen LogP contribution >= 0.6 is 0 Å². The number of rotatable bonds is 1. The lowest BCUT2D eigenvalue weighted by atomic mass is 10.3. The van der Waals surface area contributed by atoms with E-state index in [1.807, 2.05) is 0 Å². The predicted octanol–water partition coefficient (Wildman–Crippen LogP) is 0.745. The molecule has 0 saturated carbocycles. The summed E-state index contributed by atoms with van der Waals surface area (Å²) in [6.45, 7) is 0. The number of esters is 1. The highest BCUT2D eigenvalue weighted by molar-refractivity contribution is 6.00. The number of nitrogens with zero attached hydrogens (tertiary/aromatic N) is 2. The van der Waals surface area contributed by atoms with Gasteiger partial charge in [0.1, 0.15) is 12.0 Å². The Bertz CT molecular complexity index is 449. The first-order valence-electron chi connectivity index (χ1n) is 3.69. The number of aromatic nitrogens is 3. The fourth-order valence-corrected chi connectivity index (χ4v) is 1.13. The Labute approximate surface area is 73.8 Å². The molecule has 0 bridgehead atoms. The lowest BCUT2D eigenvalue weighted by Gasteiger charge is -1.97. The lowest BCUT2D eigenvalue weighted by molar-refractivity contribution is 0.0596. The van der Waals surface area contributed by atoms with Crippen molar-refractivity contribution in [3.05, 3.63) is 24.3 Å². The van der Waals surface area contributed by atoms with E-state index in [1.54, 1.807) is 12.3 Å². The van der Waals surface area contributed by atoms with E-state index >= 15 is 0 Å². The minimum Gasteiger partial charge on any atom is -0.464 e. The number of hydrogen-bond acceptors (Lipinski definition) is 4. The van der Waals surface area contributed by atoms with E-state index in [2.05, 4.69) is 19.7 Å². The van der Waals surface area contributed by atoms with Gasteiger partial charge in [-0.25, -0.2) is 14.8 Å². The van der Waals surface area contributed by atoms with Crippen LogP contribution in [0.15, 0.2) is 18.6 Å². The fraction of sp³-hybridized carbons (Fsp3) is 0.125. The molecule has 5 nitrogen and oxygen atoms in total. The summed E-state index contributed by atoms with van der Waals surface area (Å²) in [5.41, 5.74) is 0.921. The summed E-state index contributed by atoms with van der Waals surface area (Å²) < 4.78 is 4.57. The second kappa shape index (κ2) is 2.85. The normalized spacial score (nSPS) is 10.2. The number of nitrogens with one attached hydrogen (secondary N) is 1. The molecule has 2 heterocycles. The first-order valence-corrected chi connectivity index (χ1v) is 3.69. The van der Waals surface area contributed by atoms with Crippen molar-refractivity contribution >= 4 is 17.0 Å². The zero-order valence-corrected chi connectivity index (χ0v) is 6.94. The smallest absolute Gasteiger partial charge is 0.357 e. The molecule has 0 aliphatic heterocycles. The Morgan fingerprint density at radius 2 is 2.38 bits per heavy atom. The van der Waals surface area contributed by atoms with Crippen molar-refractivity contribution in [3.63, 3.8) is 0 Å². The summed E-state index contributed by atoms with van der Waals surface area (Å²) >= 11 is 0. The molecular formula is C8H7N3O2. The summed E-state index contributed by atoms with van der Waals surface area (Å²) in [5, 5.41) is 0.675. The Morgan fingerprint density at radius 1 is 1.54 bits per heavy atom. The summed E-state index contributed by atoms with van der Waals surface area (Å²) in [4.78, 5) is 21.9. The van der Waals surface area contributed by atoms with E-state index < -0.39 is 5.97 Å². The molecule has 0 unspecified atom stereocenters. The molecule has 5 heteroatoms. The quantitative estimate of drug-likeness (QED) is 0.652. The molecule has 0 radical (unpaired) electrons. The molecule has 0 aliphatic rings. The number of carbonyl (C=O) groups is 1. The Kier molecular flexibility index (Phi) is 1.70. The van der Waals surface area contributed by atoms with Crippen molar-refractivity contribution in [2.75, 3.05) is 7.11 Å². The van der Waals surface area contributed by atoms with Gasteiger partial charge < -0.3 is 9.72 Å². The van der Waals surface area contributed by atoms with E-state index in [0.717, 1.165) is 0 Å². The van der Waals surface area contributed by atoms with Crippen molar-refractivity contribution in [2.45, 2.75) is 0 Å². The van der Waals surface area contributed by atoms with Gasteiger partial charge in [-0.15, -0.1) is 0 Å². The third kappa shape index (κ3) is 1.14. The molecule has 0 spiro atoms. The van der Waals surface area contributed by atoms with Gasteiger partial charge in [-0.05, 0) is 6.07 Å². The third-order valence-electron chi connectivity index (χ3n) is 1.73. The van der Waals surface area contributed by atoms with Crippen LogP contribution in [0, 0.1) is 0 Å². The molecule has 66 valence electrons. The van der Waals surface area contributed by atoms with Crippen LogP contribution in [0.25, 0.3) is 11.0 Å². The van der Waals surface area contributed by atoms with E-state index in [0.29, 0.717) is 11.0 Å². The van der Waals surface area contributed by atoms with Crippen molar-refractivity contribution in [2.24, 2.45) is 0 Å². The number of methoxy groups -OCH3 is 1. The van der Waals surface area contributed by atoms with Crippen LogP contribution < -0.4 is 0 Å². The van der Waals surface area contributed by atoms with Gasteiger partial charge in [0, 0.05) is 6.20 Å². The SMILES string of the molecule is COC(=O)c1ncnc2[nH]ccc12. The number of ether oxygens (including phenoxy) is 1. The molecule has 0 atom stereocenters. The van der Waals surface area contributed by atoms with Crippen LogP contribution in [0.2, 0.25) is 0 Å². The minimum absolute atomic E-state index is 0.286. The van der Waals surface area contributed by atoms with E-state index in [-0.39, 0.29) is 5.69 Å². The first kappa shape index (κ1) is 7.72. The van der Waals surface area contributed by atoms with Crippen molar-refractivity contribution < 1.29 is 9.53 Å². The summed E-state index contributed by atoms with van der Waals surface area (Å²) in [6, 6.07) is 1.74. The molecule has 1 N–H and O–H groups in total. The maximum atomic E-state index is 11.2. The van der Waals surface area contributed by atoms with Crippen molar-refractivity contribution in [3.8, 4) is 0 Å². The average molecular weight is 177 g/mol. The molecule has 13 heavy (non-hydrogen) atoms. The Morgan fingerprint density at radius 3 is 3.15 bits per heavy atom. The van der Waals surface area contributed by atoms with Gasteiger partial charge in [0.05, 0.1) is 12.5 Å². The summed E-state index contributed by atoms with van der Waals surface area (Å²) in [7, 11) is 1.32. The lowest BCUT2D eigenvalue weighted by Crippen LogP contribution is -2.04. The molecule has 0 aromatic carbocycles. The summed E-state index contributed by atoms with van der Waals surface area (Å²) in [6.07, 6.45) is 3.02. The highest BCUT2D eigenvalue weighted by atomic mass is 16.5. The highest BCUT2D eigenvalue weighted by Gasteiger charge is 2.12. The van der Waals surface area contributed by atoms with Crippen LogP contribution in [0.1, 0.15) is 10.5 Å². The van der Waals surface area contributed by atoms with Gasteiger partial charge in [-0.2, -0.15) is 0 Å². The van der Waals surface area contributed by atoms with Crippen LogP contribution in [-0.4, -0.2) is 28.0 Å². The number of fused-ring (bicyclic) bond motifs is 1. The number of carbonyl (C=O) groups excluding carboxylic acids is 1. The molecule has 0 saturated heterocycles. The van der Waals surface area contributed by atoms with Gasteiger partial charge in [-0.1, -0.05) is 0 Å². The van der Waals surface area contributed by atoms with E-state index in [9.17, 15) is 4.79 Å². The average Bonchev–Trinajstić information content (AvgIpc) is 2.63. The van der Waals surface area contributed by atoms with Crippen LogP contribution in [0.4, 0.5) is 0 Å². The summed E-state index contributed by atoms with van der Waals surface area (Å²) in [5.74, 6) is -0.452. The molecule has 2 aromatic rings. The maximum Gasteiger partial charge on any atom is 0.357 e. The van der Waals surface area contributed by atoms with Crippen LogP contribution in [0.5, 0.6) is 0 Å². The fourth-order valence-electron chi connectivity index (χ4n) is 1.13.